The minimum atomic E-state index is -0.195. The maximum absolute atomic E-state index is 12.3. The van der Waals surface area contributed by atoms with E-state index < -0.39 is 0 Å². The first-order chi connectivity index (χ1) is 12.1. The highest BCUT2D eigenvalue weighted by molar-refractivity contribution is 7.14. The van der Waals surface area contributed by atoms with Gasteiger partial charge in [-0.2, -0.15) is 0 Å². The number of amides is 2. The van der Waals surface area contributed by atoms with Crippen LogP contribution in [0.15, 0.2) is 23.6 Å². The Morgan fingerprint density at radius 1 is 1.28 bits per heavy atom. The van der Waals surface area contributed by atoms with Gasteiger partial charge in [-0.3, -0.25) is 14.5 Å². The van der Waals surface area contributed by atoms with Crippen molar-refractivity contribution in [1.29, 1.82) is 0 Å². The minimum Gasteiger partial charge on any atom is -0.497 e. The number of methoxy groups -OCH3 is 2. The van der Waals surface area contributed by atoms with Crippen LogP contribution in [-0.4, -0.2) is 37.6 Å². The fourth-order valence-corrected chi connectivity index (χ4v) is 3.47. The summed E-state index contributed by atoms with van der Waals surface area (Å²) in [6.45, 7) is 0.696. The fourth-order valence-electron chi connectivity index (χ4n) is 2.60. The highest BCUT2D eigenvalue weighted by Crippen LogP contribution is 2.27. The van der Waals surface area contributed by atoms with Crippen LogP contribution in [0.25, 0.3) is 0 Å². The Hall–Kier alpha value is -2.61. The number of carbonyl (C=O) groups excluding carboxylic acids is 2. The van der Waals surface area contributed by atoms with Crippen molar-refractivity contribution in [3.63, 3.8) is 0 Å². The van der Waals surface area contributed by atoms with Crippen LogP contribution in [0, 0.1) is 0 Å². The van der Waals surface area contributed by atoms with Gasteiger partial charge in [0.15, 0.2) is 5.13 Å². The molecule has 1 N–H and O–H groups in total. The predicted molar refractivity (Wildman–Crippen MR) is 95.6 cm³/mol. The summed E-state index contributed by atoms with van der Waals surface area (Å²) in [5, 5.41) is 5.29. The van der Waals surface area contributed by atoms with E-state index in [0.29, 0.717) is 41.0 Å². The quantitative estimate of drug-likeness (QED) is 0.855. The molecule has 0 spiro atoms. The molecule has 0 unspecified atom stereocenters. The van der Waals surface area contributed by atoms with E-state index in [4.69, 9.17) is 9.47 Å². The third-order valence-corrected chi connectivity index (χ3v) is 4.73. The Kier molecular flexibility index (Phi) is 5.18. The number of ether oxygens (including phenoxy) is 2. The second kappa shape index (κ2) is 7.52. The van der Waals surface area contributed by atoms with E-state index in [1.807, 2.05) is 5.38 Å². The maximum atomic E-state index is 12.3. The smallest absolute Gasteiger partial charge is 0.230 e. The third kappa shape index (κ3) is 4.08. The van der Waals surface area contributed by atoms with Gasteiger partial charge in [-0.05, 0) is 6.42 Å². The molecule has 0 saturated carbocycles. The highest BCUT2D eigenvalue weighted by atomic mass is 32.1. The lowest BCUT2D eigenvalue weighted by atomic mass is 10.2. The lowest BCUT2D eigenvalue weighted by Gasteiger charge is -2.10. The summed E-state index contributed by atoms with van der Waals surface area (Å²) in [6.07, 6.45) is 1.55. The van der Waals surface area contributed by atoms with Gasteiger partial charge in [-0.25, -0.2) is 4.98 Å². The molecule has 1 aliphatic rings. The van der Waals surface area contributed by atoms with E-state index in [-0.39, 0.29) is 18.2 Å². The van der Waals surface area contributed by atoms with Gasteiger partial charge in [0.1, 0.15) is 11.5 Å². The third-order valence-electron chi connectivity index (χ3n) is 3.82. The van der Waals surface area contributed by atoms with Crippen LogP contribution < -0.4 is 19.7 Å². The second-order valence-corrected chi connectivity index (χ2v) is 6.43. The summed E-state index contributed by atoms with van der Waals surface area (Å²) < 4.78 is 10.4. The van der Waals surface area contributed by atoms with Crippen LogP contribution in [0.3, 0.4) is 0 Å². The number of anilines is 2. The first kappa shape index (κ1) is 17.2. The van der Waals surface area contributed by atoms with Crippen molar-refractivity contribution in [3.05, 3.63) is 29.3 Å². The molecule has 8 heteroatoms. The van der Waals surface area contributed by atoms with Crippen LogP contribution in [0.2, 0.25) is 0 Å². The minimum absolute atomic E-state index is 0.0915. The first-order valence-electron chi connectivity index (χ1n) is 7.86. The van der Waals surface area contributed by atoms with Gasteiger partial charge in [0.25, 0.3) is 0 Å². The van der Waals surface area contributed by atoms with Gasteiger partial charge in [-0.15, -0.1) is 11.3 Å². The Bertz CT molecular complexity index is 768. The van der Waals surface area contributed by atoms with E-state index in [1.165, 1.54) is 11.3 Å². The number of carbonyl (C=O) groups is 2. The van der Waals surface area contributed by atoms with E-state index in [0.717, 1.165) is 6.42 Å². The Morgan fingerprint density at radius 2 is 2.00 bits per heavy atom. The summed E-state index contributed by atoms with van der Waals surface area (Å²) in [7, 11) is 3.10. The van der Waals surface area contributed by atoms with Crippen molar-refractivity contribution in [3.8, 4) is 11.5 Å². The van der Waals surface area contributed by atoms with Gasteiger partial charge >= 0.3 is 0 Å². The molecule has 2 heterocycles. The first-order valence-corrected chi connectivity index (χ1v) is 8.74. The van der Waals surface area contributed by atoms with Gasteiger partial charge < -0.3 is 14.8 Å². The SMILES string of the molecule is COc1cc(NC(=O)Cc2csc(N3CCCC3=O)n2)cc(OC)c1. The molecule has 0 atom stereocenters. The number of aromatic nitrogens is 1. The Balaban J connectivity index is 1.65. The summed E-state index contributed by atoms with van der Waals surface area (Å²) in [6, 6.07) is 5.17. The number of thiazole rings is 1. The zero-order valence-corrected chi connectivity index (χ0v) is 14.9. The van der Waals surface area contributed by atoms with Crippen LogP contribution in [0.5, 0.6) is 11.5 Å². The number of hydrogen-bond acceptors (Lipinski definition) is 6. The molecular formula is C17H19N3O4S. The lowest BCUT2D eigenvalue weighted by molar-refractivity contribution is -0.117. The molecule has 7 nitrogen and oxygen atoms in total. The van der Waals surface area contributed by atoms with Crippen molar-refractivity contribution >= 4 is 34.0 Å². The molecule has 1 aliphatic heterocycles. The molecule has 2 aromatic rings. The molecule has 132 valence electrons. The number of benzene rings is 1. The normalized spacial score (nSPS) is 13.8. The van der Waals surface area contributed by atoms with Crippen molar-refractivity contribution in [2.75, 3.05) is 31.0 Å². The van der Waals surface area contributed by atoms with Crippen LogP contribution in [0.1, 0.15) is 18.5 Å². The van der Waals surface area contributed by atoms with E-state index in [2.05, 4.69) is 10.3 Å². The highest BCUT2D eigenvalue weighted by Gasteiger charge is 2.24. The zero-order chi connectivity index (χ0) is 17.8. The molecule has 1 fully saturated rings. The van der Waals surface area contributed by atoms with Crippen molar-refractivity contribution < 1.29 is 19.1 Å². The molecule has 3 rings (SSSR count). The topological polar surface area (TPSA) is 80.8 Å². The van der Waals surface area contributed by atoms with E-state index >= 15 is 0 Å². The molecule has 0 bridgehead atoms. The van der Waals surface area contributed by atoms with Crippen molar-refractivity contribution in [2.24, 2.45) is 0 Å². The number of rotatable bonds is 6. The molecule has 0 aliphatic carbocycles. The maximum Gasteiger partial charge on any atom is 0.230 e. The second-order valence-electron chi connectivity index (χ2n) is 5.60. The van der Waals surface area contributed by atoms with E-state index in [1.54, 1.807) is 37.3 Å². The fraction of sp³-hybridized carbons (Fsp3) is 0.353. The largest absolute Gasteiger partial charge is 0.497 e. The average molecular weight is 361 g/mol. The standard InChI is InChI=1S/C17H19N3O4S/c1-23-13-6-11(7-14(9-13)24-2)18-15(21)8-12-10-25-17(19-12)20-5-3-4-16(20)22/h6-7,9-10H,3-5,8H2,1-2H3,(H,18,21). The molecule has 1 aromatic heterocycles. The van der Waals surface area contributed by atoms with Crippen molar-refractivity contribution in [1.82, 2.24) is 4.98 Å². The Morgan fingerprint density at radius 3 is 2.60 bits per heavy atom. The number of nitrogens with zero attached hydrogens (tertiary/aromatic N) is 2. The summed E-state index contributed by atoms with van der Waals surface area (Å²) in [5.41, 5.74) is 1.23. The summed E-state index contributed by atoms with van der Waals surface area (Å²) in [4.78, 5) is 30.1. The zero-order valence-electron chi connectivity index (χ0n) is 14.1. The van der Waals surface area contributed by atoms with Crippen molar-refractivity contribution in [2.45, 2.75) is 19.3 Å². The van der Waals surface area contributed by atoms with Gasteiger partial charge in [0.2, 0.25) is 11.8 Å². The van der Waals surface area contributed by atoms with Gasteiger partial charge in [0.05, 0.1) is 26.3 Å². The monoisotopic (exact) mass is 361 g/mol. The number of hydrogen-bond donors (Lipinski definition) is 1. The molecular weight excluding hydrogens is 342 g/mol. The lowest BCUT2D eigenvalue weighted by Crippen LogP contribution is -2.23. The molecule has 1 aromatic carbocycles. The Labute approximate surface area is 149 Å². The van der Waals surface area contributed by atoms with Crippen LogP contribution >= 0.6 is 11.3 Å². The predicted octanol–water partition coefficient (Wildman–Crippen LogP) is 2.47. The number of nitrogens with one attached hydrogen (secondary N) is 1. The molecule has 25 heavy (non-hydrogen) atoms. The van der Waals surface area contributed by atoms with Gasteiger partial charge in [-0.1, -0.05) is 0 Å². The summed E-state index contributed by atoms with van der Waals surface area (Å²) in [5.74, 6) is 1.09. The van der Waals surface area contributed by atoms with Crippen LogP contribution in [0.4, 0.5) is 10.8 Å². The molecule has 1 saturated heterocycles. The van der Waals surface area contributed by atoms with Crippen LogP contribution in [-0.2, 0) is 16.0 Å². The molecule has 2 amide bonds. The molecule has 0 radical (unpaired) electrons. The van der Waals surface area contributed by atoms with E-state index in [9.17, 15) is 9.59 Å². The van der Waals surface area contributed by atoms with Gasteiger partial charge in [0, 0.05) is 42.2 Å². The average Bonchev–Trinajstić information content (AvgIpc) is 3.22. The summed E-state index contributed by atoms with van der Waals surface area (Å²) >= 11 is 1.38.